The lowest BCUT2D eigenvalue weighted by Gasteiger charge is -2.36. The van der Waals surface area contributed by atoms with Crippen molar-refractivity contribution in [2.24, 2.45) is 0 Å². The summed E-state index contributed by atoms with van der Waals surface area (Å²) >= 11 is 0. The minimum Gasteiger partial charge on any atom is -0.322 e. The number of carbonyl (C=O) groups is 1. The minimum absolute atomic E-state index is 0.0714. The lowest BCUT2D eigenvalue weighted by molar-refractivity contribution is 0.0583. The molecule has 1 fully saturated rings. The van der Waals surface area contributed by atoms with E-state index < -0.39 is 0 Å². The van der Waals surface area contributed by atoms with Gasteiger partial charge in [0, 0.05) is 6.54 Å². The van der Waals surface area contributed by atoms with Crippen molar-refractivity contribution in [3.05, 3.63) is 11.1 Å². The van der Waals surface area contributed by atoms with Crippen molar-refractivity contribution in [2.45, 2.75) is 25.7 Å². The van der Waals surface area contributed by atoms with Gasteiger partial charge in [0.1, 0.15) is 0 Å². The van der Waals surface area contributed by atoms with Crippen LogP contribution in [0.3, 0.4) is 0 Å². The smallest absolute Gasteiger partial charge is 0.322 e. The van der Waals surface area contributed by atoms with Gasteiger partial charge in [0.2, 0.25) is 0 Å². The first kappa shape index (κ1) is 8.29. The van der Waals surface area contributed by atoms with Gasteiger partial charge < -0.3 is 5.32 Å². The fraction of sp³-hybridized carbons (Fsp3) is 0.700. The molecule has 0 unspecified atom stereocenters. The van der Waals surface area contributed by atoms with Crippen LogP contribution in [-0.4, -0.2) is 35.8 Å². The molecular weight excluding hydrogens is 178 g/mol. The summed E-state index contributed by atoms with van der Waals surface area (Å²) < 4.78 is 0. The van der Waals surface area contributed by atoms with Gasteiger partial charge in [0.25, 0.3) is 0 Å². The van der Waals surface area contributed by atoms with E-state index in [1.165, 1.54) is 31.3 Å². The number of rotatable bonds is 0. The average molecular weight is 193 g/mol. The van der Waals surface area contributed by atoms with Crippen LogP contribution in [0.25, 0.3) is 0 Å². The van der Waals surface area contributed by atoms with Crippen LogP contribution >= 0.6 is 0 Å². The Balaban J connectivity index is 1.87. The number of nitrogens with one attached hydrogen (secondary N) is 1. The molecule has 3 aliphatic rings. The van der Waals surface area contributed by atoms with Gasteiger partial charge in [-0.1, -0.05) is 5.57 Å². The molecule has 0 aromatic rings. The number of amides is 2. The standard InChI is InChI=1S/C10H15N3O/c14-10-11-7-12-5-8-3-1-2-4-9(8)6-13(10)12/h1-7H2,(H,11,14). The van der Waals surface area contributed by atoms with Crippen LogP contribution in [0.1, 0.15) is 25.7 Å². The zero-order valence-corrected chi connectivity index (χ0v) is 8.25. The van der Waals surface area contributed by atoms with E-state index in [1.54, 1.807) is 5.57 Å². The molecule has 4 heteroatoms. The van der Waals surface area contributed by atoms with Crippen molar-refractivity contribution in [1.82, 2.24) is 15.3 Å². The number of hydrogen-bond acceptors (Lipinski definition) is 2. The van der Waals surface area contributed by atoms with E-state index in [0.717, 1.165) is 13.1 Å². The highest BCUT2D eigenvalue weighted by Gasteiger charge is 2.34. The fourth-order valence-electron chi connectivity index (χ4n) is 2.59. The van der Waals surface area contributed by atoms with E-state index in [4.69, 9.17) is 0 Å². The molecule has 0 radical (unpaired) electrons. The Labute approximate surface area is 83.5 Å². The highest BCUT2D eigenvalue weighted by atomic mass is 16.2. The Kier molecular flexibility index (Phi) is 1.77. The Morgan fingerprint density at radius 2 is 1.79 bits per heavy atom. The second-order valence-electron chi connectivity index (χ2n) is 4.28. The van der Waals surface area contributed by atoms with Gasteiger partial charge >= 0.3 is 6.03 Å². The molecular formula is C10H15N3O. The van der Waals surface area contributed by atoms with Crippen molar-refractivity contribution in [3.8, 4) is 0 Å². The molecule has 1 aliphatic carbocycles. The van der Waals surface area contributed by atoms with Gasteiger partial charge in [0.05, 0.1) is 13.2 Å². The molecule has 1 N–H and O–H groups in total. The SMILES string of the molecule is O=C1NCN2CC3=C(CCCC3)CN12. The molecule has 4 nitrogen and oxygen atoms in total. The molecule has 0 atom stereocenters. The van der Waals surface area contributed by atoms with E-state index in [1.807, 2.05) is 5.01 Å². The first-order valence-electron chi connectivity index (χ1n) is 5.34. The zero-order valence-electron chi connectivity index (χ0n) is 8.25. The van der Waals surface area contributed by atoms with Gasteiger partial charge in [-0.15, -0.1) is 0 Å². The van der Waals surface area contributed by atoms with Gasteiger partial charge in [-0.25, -0.2) is 4.79 Å². The third-order valence-electron chi connectivity index (χ3n) is 3.41. The highest BCUT2D eigenvalue weighted by Crippen LogP contribution is 2.30. The van der Waals surface area contributed by atoms with Crippen LogP contribution in [0.4, 0.5) is 4.79 Å². The van der Waals surface area contributed by atoms with Gasteiger partial charge in [-0.2, -0.15) is 5.01 Å². The fourth-order valence-corrected chi connectivity index (χ4v) is 2.59. The molecule has 0 saturated carbocycles. The monoisotopic (exact) mass is 193 g/mol. The lowest BCUT2D eigenvalue weighted by Crippen LogP contribution is -2.45. The maximum atomic E-state index is 11.4. The van der Waals surface area contributed by atoms with Crippen molar-refractivity contribution >= 4 is 6.03 Å². The number of fused-ring (bicyclic) bond motifs is 1. The molecule has 2 heterocycles. The van der Waals surface area contributed by atoms with Crippen molar-refractivity contribution in [2.75, 3.05) is 19.8 Å². The van der Waals surface area contributed by atoms with Crippen LogP contribution in [0.2, 0.25) is 0 Å². The number of hydrazine groups is 1. The maximum Gasteiger partial charge on any atom is 0.333 e. The van der Waals surface area contributed by atoms with Crippen LogP contribution in [0, 0.1) is 0 Å². The summed E-state index contributed by atoms with van der Waals surface area (Å²) in [4.78, 5) is 11.4. The van der Waals surface area contributed by atoms with Gasteiger partial charge in [-0.05, 0) is 31.3 Å². The summed E-state index contributed by atoms with van der Waals surface area (Å²) in [5.74, 6) is 0. The maximum absolute atomic E-state index is 11.4. The topological polar surface area (TPSA) is 35.6 Å². The van der Waals surface area contributed by atoms with Crippen LogP contribution in [0.5, 0.6) is 0 Å². The second kappa shape index (κ2) is 2.98. The molecule has 0 spiro atoms. The average Bonchev–Trinajstić information content (AvgIpc) is 2.57. The first-order chi connectivity index (χ1) is 6.84. The normalized spacial score (nSPS) is 27.4. The molecule has 2 aliphatic heterocycles. The summed E-state index contributed by atoms with van der Waals surface area (Å²) in [5, 5.41) is 6.83. The van der Waals surface area contributed by atoms with Gasteiger partial charge in [-0.3, -0.25) is 5.01 Å². The summed E-state index contributed by atoms with van der Waals surface area (Å²) in [5.41, 5.74) is 3.11. The van der Waals surface area contributed by atoms with E-state index in [-0.39, 0.29) is 6.03 Å². The molecule has 76 valence electrons. The Morgan fingerprint density at radius 3 is 2.57 bits per heavy atom. The Bertz CT molecular complexity index is 310. The van der Waals surface area contributed by atoms with Crippen LogP contribution in [0.15, 0.2) is 11.1 Å². The van der Waals surface area contributed by atoms with E-state index in [0.29, 0.717) is 6.67 Å². The number of carbonyl (C=O) groups excluding carboxylic acids is 1. The molecule has 1 saturated heterocycles. The number of nitrogens with zero attached hydrogens (tertiary/aromatic N) is 2. The van der Waals surface area contributed by atoms with E-state index >= 15 is 0 Å². The largest absolute Gasteiger partial charge is 0.333 e. The number of urea groups is 1. The zero-order chi connectivity index (χ0) is 9.54. The lowest BCUT2D eigenvalue weighted by atomic mass is 9.90. The molecule has 14 heavy (non-hydrogen) atoms. The minimum atomic E-state index is 0.0714. The summed E-state index contributed by atoms with van der Waals surface area (Å²) in [6.07, 6.45) is 5.07. The third kappa shape index (κ3) is 1.14. The van der Waals surface area contributed by atoms with Crippen molar-refractivity contribution in [1.29, 1.82) is 0 Å². The quantitative estimate of drug-likeness (QED) is 0.584. The first-order valence-corrected chi connectivity index (χ1v) is 5.34. The second-order valence-corrected chi connectivity index (χ2v) is 4.28. The molecule has 3 rings (SSSR count). The van der Waals surface area contributed by atoms with Crippen LogP contribution < -0.4 is 5.32 Å². The number of hydrogen-bond donors (Lipinski definition) is 1. The summed E-state index contributed by atoms with van der Waals surface area (Å²) in [6, 6.07) is 0.0714. The van der Waals surface area contributed by atoms with Crippen molar-refractivity contribution < 1.29 is 4.79 Å². The van der Waals surface area contributed by atoms with Gasteiger partial charge in [0.15, 0.2) is 0 Å². The van der Waals surface area contributed by atoms with Crippen molar-refractivity contribution in [3.63, 3.8) is 0 Å². The van der Waals surface area contributed by atoms with E-state index in [9.17, 15) is 4.79 Å². The third-order valence-corrected chi connectivity index (χ3v) is 3.41. The predicted octanol–water partition coefficient (Wildman–Crippen LogP) is 1.07. The Morgan fingerprint density at radius 1 is 1.07 bits per heavy atom. The molecule has 0 aromatic heterocycles. The molecule has 2 amide bonds. The predicted molar refractivity (Wildman–Crippen MR) is 52.3 cm³/mol. The molecule has 0 bridgehead atoms. The highest BCUT2D eigenvalue weighted by molar-refractivity contribution is 5.75. The van der Waals surface area contributed by atoms with E-state index in [2.05, 4.69) is 10.3 Å². The Hall–Kier alpha value is -1.03. The summed E-state index contributed by atoms with van der Waals surface area (Å²) in [7, 11) is 0. The molecule has 0 aromatic carbocycles. The van der Waals surface area contributed by atoms with Crippen LogP contribution in [-0.2, 0) is 0 Å². The summed E-state index contributed by atoms with van der Waals surface area (Å²) in [6.45, 7) is 2.49.